The number of rotatable bonds is 8. The summed E-state index contributed by atoms with van der Waals surface area (Å²) in [6.07, 6.45) is 3.78. The minimum absolute atomic E-state index is 0.519. The van der Waals surface area contributed by atoms with Crippen molar-refractivity contribution in [3.63, 3.8) is 0 Å². The third kappa shape index (κ3) is 4.56. The SMILES string of the molecule is [CH2]CCCCCN(c1ccc(OC)cc1)[SH](=O)=O. The van der Waals surface area contributed by atoms with E-state index in [2.05, 4.69) is 6.92 Å². The van der Waals surface area contributed by atoms with E-state index >= 15 is 0 Å². The van der Waals surface area contributed by atoms with Gasteiger partial charge < -0.3 is 4.74 Å². The first kappa shape index (κ1) is 14.8. The maximum atomic E-state index is 11.2. The molecular formula is C13H20NO3S. The second-order valence-corrected chi connectivity index (χ2v) is 4.93. The molecule has 4 nitrogen and oxygen atoms in total. The van der Waals surface area contributed by atoms with E-state index in [1.807, 2.05) is 0 Å². The van der Waals surface area contributed by atoms with E-state index in [4.69, 9.17) is 4.74 Å². The Morgan fingerprint density at radius 2 is 1.83 bits per heavy atom. The number of anilines is 1. The number of nitrogens with zero attached hydrogens (tertiary/aromatic N) is 1. The van der Waals surface area contributed by atoms with Gasteiger partial charge in [0.15, 0.2) is 0 Å². The zero-order valence-electron chi connectivity index (χ0n) is 10.7. The molecule has 18 heavy (non-hydrogen) atoms. The van der Waals surface area contributed by atoms with Crippen molar-refractivity contribution in [2.75, 3.05) is 18.0 Å². The summed E-state index contributed by atoms with van der Waals surface area (Å²) in [5.74, 6) is 0.719. The molecule has 0 N–H and O–H groups in total. The Labute approximate surface area is 111 Å². The normalized spacial score (nSPS) is 10.6. The molecule has 0 aliphatic rings. The molecule has 1 radical (unpaired) electrons. The first-order valence-electron chi connectivity index (χ1n) is 6.04. The molecule has 0 aromatic heterocycles. The lowest BCUT2D eigenvalue weighted by molar-refractivity contribution is 0.415. The number of hydrogen-bond acceptors (Lipinski definition) is 3. The molecule has 1 aromatic rings. The zero-order valence-corrected chi connectivity index (χ0v) is 11.6. The van der Waals surface area contributed by atoms with Crippen molar-refractivity contribution < 1.29 is 13.2 Å². The molecule has 0 fully saturated rings. The van der Waals surface area contributed by atoms with Crippen LogP contribution < -0.4 is 9.04 Å². The lowest BCUT2D eigenvalue weighted by atomic mass is 10.2. The molecular weight excluding hydrogens is 250 g/mol. The van der Waals surface area contributed by atoms with Crippen molar-refractivity contribution in [2.45, 2.75) is 25.7 Å². The second kappa shape index (κ2) is 7.97. The first-order chi connectivity index (χ1) is 8.69. The topological polar surface area (TPSA) is 46.6 Å². The highest BCUT2D eigenvalue weighted by molar-refractivity contribution is 7.74. The minimum atomic E-state index is -2.60. The molecule has 1 aromatic carbocycles. The minimum Gasteiger partial charge on any atom is -0.497 e. The van der Waals surface area contributed by atoms with Gasteiger partial charge in [-0.3, -0.25) is 4.31 Å². The maximum Gasteiger partial charge on any atom is 0.225 e. The van der Waals surface area contributed by atoms with E-state index in [1.54, 1.807) is 31.4 Å². The predicted molar refractivity (Wildman–Crippen MR) is 74.5 cm³/mol. The average Bonchev–Trinajstić information content (AvgIpc) is 2.39. The Balaban J connectivity index is 2.65. The summed E-state index contributed by atoms with van der Waals surface area (Å²) in [6.45, 7) is 4.29. The maximum absolute atomic E-state index is 11.2. The molecule has 0 saturated heterocycles. The fourth-order valence-electron chi connectivity index (χ4n) is 1.67. The summed E-state index contributed by atoms with van der Waals surface area (Å²) in [5, 5.41) is 0. The van der Waals surface area contributed by atoms with Gasteiger partial charge in [0.1, 0.15) is 5.75 Å². The van der Waals surface area contributed by atoms with Crippen molar-refractivity contribution in [3.8, 4) is 5.75 Å². The number of thiol groups is 1. The Morgan fingerprint density at radius 1 is 1.17 bits per heavy atom. The van der Waals surface area contributed by atoms with Gasteiger partial charge in [0.05, 0.1) is 12.8 Å². The molecule has 0 atom stereocenters. The van der Waals surface area contributed by atoms with Crippen LogP contribution in [0.25, 0.3) is 0 Å². The van der Waals surface area contributed by atoms with Gasteiger partial charge in [-0.15, -0.1) is 0 Å². The van der Waals surface area contributed by atoms with Crippen LogP contribution in [0.15, 0.2) is 24.3 Å². The van der Waals surface area contributed by atoms with Crippen molar-refractivity contribution in [1.82, 2.24) is 0 Å². The van der Waals surface area contributed by atoms with E-state index in [1.165, 1.54) is 4.31 Å². The largest absolute Gasteiger partial charge is 0.497 e. The summed E-state index contributed by atoms with van der Waals surface area (Å²) in [7, 11) is -1.02. The van der Waals surface area contributed by atoms with Crippen molar-refractivity contribution in [1.29, 1.82) is 0 Å². The Bertz CT molecular complexity index is 407. The summed E-state index contributed by atoms with van der Waals surface area (Å²) in [4.78, 5) is 0. The van der Waals surface area contributed by atoms with Gasteiger partial charge in [0, 0.05) is 6.54 Å². The van der Waals surface area contributed by atoms with Crippen LogP contribution in [0.5, 0.6) is 5.75 Å². The predicted octanol–water partition coefficient (Wildman–Crippen LogP) is 2.42. The zero-order chi connectivity index (χ0) is 13.4. The molecule has 0 heterocycles. The van der Waals surface area contributed by atoms with Crippen molar-refractivity contribution in [3.05, 3.63) is 31.2 Å². The monoisotopic (exact) mass is 270 g/mol. The highest BCUT2D eigenvalue weighted by atomic mass is 32.2. The van der Waals surface area contributed by atoms with Crippen LogP contribution in [0.3, 0.4) is 0 Å². The van der Waals surface area contributed by atoms with Crippen LogP contribution >= 0.6 is 0 Å². The highest BCUT2D eigenvalue weighted by Crippen LogP contribution is 2.19. The van der Waals surface area contributed by atoms with Crippen LogP contribution in [-0.2, 0) is 10.9 Å². The van der Waals surface area contributed by atoms with Gasteiger partial charge in [-0.1, -0.05) is 26.2 Å². The second-order valence-electron chi connectivity index (χ2n) is 3.97. The molecule has 0 bridgehead atoms. The molecule has 0 unspecified atom stereocenters. The number of ether oxygens (including phenoxy) is 1. The van der Waals surface area contributed by atoms with Gasteiger partial charge in [-0.25, -0.2) is 8.42 Å². The fraction of sp³-hybridized carbons (Fsp3) is 0.462. The Hall–Kier alpha value is -1.23. The summed E-state index contributed by atoms with van der Waals surface area (Å²) >= 11 is 0. The van der Waals surface area contributed by atoms with Crippen molar-refractivity contribution >= 4 is 16.6 Å². The van der Waals surface area contributed by atoms with E-state index in [-0.39, 0.29) is 0 Å². The Morgan fingerprint density at radius 3 is 2.33 bits per heavy atom. The molecule has 0 spiro atoms. The van der Waals surface area contributed by atoms with Gasteiger partial charge in [0.2, 0.25) is 10.9 Å². The molecule has 1 rings (SSSR count). The van der Waals surface area contributed by atoms with E-state index in [0.29, 0.717) is 12.2 Å². The van der Waals surface area contributed by atoms with Crippen LogP contribution in [0, 0.1) is 6.92 Å². The molecule has 0 amide bonds. The highest BCUT2D eigenvalue weighted by Gasteiger charge is 2.08. The number of unbranched alkanes of at least 4 members (excludes halogenated alkanes) is 3. The number of benzene rings is 1. The molecule has 0 aliphatic heterocycles. The van der Waals surface area contributed by atoms with E-state index in [0.717, 1.165) is 31.4 Å². The smallest absolute Gasteiger partial charge is 0.225 e. The summed E-state index contributed by atoms with van der Waals surface area (Å²) in [5.41, 5.74) is 0.682. The first-order valence-corrected chi connectivity index (χ1v) is 7.17. The molecule has 5 heteroatoms. The van der Waals surface area contributed by atoms with Gasteiger partial charge in [0.25, 0.3) is 0 Å². The lowest BCUT2D eigenvalue weighted by Gasteiger charge is -2.17. The summed E-state index contributed by atoms with van der Waals surface area (Å²) < 4.78 is 28.9. The average molecular weight is 270 g/mol. The lowest BCUT2D eigenvalue weighted by Crippen LogP contribution is -2.22. The molecule has 0 saturated carbocycles. The molecule has 0 aliphatic carbocycles. The van der Waals surface area contributed by atoms with Gasteiger partial charge in [-0.05, 0) is 30.7 Å². The number of hydrogen-bond donors (Lipinski definition) is 1. The summed E-state index contributed by atoms with van der Waals surface area (Å²) in [6, 6.07) is 7.03. The third-order valence-corrected chi connectivity index (χ3v) is 3.51. The van der Waals surface area contributed by atoms with Gasteiger partial charge >= 0.3 is 0 Å². The van der Waals surface area contributed by atoms with Crippen LogP contribution in [0.2, 0.25) is 0 Å². The van der Waals surface area contributed by atoms with E-state index in [9.17, 15) is 8.42 Å². The van der Waals surface area contributed by atoms with Crippen LogP contribution in [0.4, 0.5) is 5.69 Å². The van der Waals surface area contributed by atoms with Crippen LogP contribution in [-0.4, -0.2) is 22.1 Å². The van der Waals surface area contributed by atoms with Crippen molar-refractivity contribution in [2.24, 2.45) is 0 Å². The Kier molecular flexibility index (Phi) is 6.57. The number of methoxy groups -OCH3 is 1. The molecule has 101 valence electrons. The fourth-order valence-corrected chi connectivity index (χ4v) is 2.30. The third-order valence-electron chi connectivity index (χ3n) is 2.69. The quantitative estimate of drug-likeness (QED) is 0.583. The standard InChI is InChI=1S/C13H20NO3S/c1-3-4-5-6-11-14(18(15)16)12-7-9-13(17-2)10-8-12/h7-10,18H,1,3-6,11H2,2H3. The van der Waals surface area contributed by atoms with E-state index < -0.39 is 10.9 Å². The van der Waals surface area contributed by atoms with Gasteiger partial charge in [-0.2, -0.15) is 0 Å². The van der Waals surface area contributed by atoms with Crippen LogP contribution in [0.1, 0.15) is 25.7 Å².